The van der Waals surface area contributed by atoms with Gasteiger partial charge in [-0.3, -0.25) is 14.6 Å². The van der Waals surface area contributed by atoms with E-state index in [1.54, 1.807) is 42.6 Å². The molecule has 0 radical (unpaired) electrons. The normalized spacial score (nSPS) is 14.9. The third kappa shape index (κ3) is 4.93. The smallest absolute Gasteiger partial charge is 0.276 e. The summed E-state index contributed by atoms with van der Waals surface area (Å²) in [6, 6.07) is 10.4. The largest absolute Gasteiger partial charge is 0.351 e. The number of benzene rings is 1. The molecule has 7 nitrogen and oxygen atoms in total. The number of hydrogen-bond donors (Lipinski definition) is 1. The average molecular weight is 440 g/mol. The highest BCUT2D eigenvalue weighted by atomic mass is 32.1. The van der Waals surface area contributed by atoms with E-state index in [1.807, 2.05) is 0 Å². The maximum atomic E-state index is 14.5. The van der Waals surface area contributed by atoms with Crippen LogP contribution in [0.2, 0.25) is 0 Å². The summed E-state index contributed by atoms with van der Waals surface area (Å²) in [6.07, 6.45) is 5.49. The Morgan fingerprint density at radius 2 is 1.94 bits per heavy atom. The highest BCUT2D eigenvalue weighted by Gasteiger charge is 2.35. The number of amides is 2. The van der Waals surface area contributed by atoms with E-state index in [-0.39, 0.29) is 24.2 Å². The van der Waals surface area contributed by atoms with Crippen LogP contribution in [0.15, 0.2) is 54.0 Å². The van der Waals surface area contributed by atoms with E-state index in [2.05, 4.69) is 19.9 Å². The van der Waals surface area contributed by atoms with Crippen LogP contribution in [0, 0.1) is 5.82 Å². The third-order valence-electron chi connectivity index (χ3n) is 5.37. The lowest BCUT2D eigenvalue weighted by molar-refractivity contribution is -0.127. The molecule has 4 rings (SSSR count). The molecule has 1 atom stereocenters. The molecule has 0 unspecified atom stereocenters. The second-order valence-corrected chi connectivity index (χ2v) is 8.07. The molecule has 1 aromatic carbocycles. The number of pyridine rings is 1. The minimum Gasteiger partial charge on any atom is -0.351 e. The maximum absolute atomic E-state index is 14.5. The predicted molar refractivity (Wildman–Crippen MR) is 114 cm³/mol. The van der Waals surface area contributed by atoms with Gasteiger partial charge < -0.3 is 10.2 Å². The molecule has 0 saturated heterocycles. The quantitative estimate of drug-likeness (QED) is 0.609. The minimum absolute atomic E-state index is 0.0602. The summed E-state index contributed by atoms with van der Waals surface area (Å²) in [5.41, 5.74) is 0.815. The fourth-order valence-corrected chi connectivity index (χ4v) is 4.25. The molecule has 0 bridgehead atoms. The molecule has 1 saturated carbocycles. The number of halogens is 1. The Kier molecular flexibility index (Phi) is 6.61. The van der Waals surface area contributed by atoms with E-state index in [4.69, 9.17) is 0 Å². The summed E-state index contributed by atoms with van der Waals surface area (Å²) in [4.78, 5) is 32.5. The van der Waals surface area contributed by atoms with Crippen LogP contribution in [0.25, 0.3) is 0 Å². The zero-order valence-corrected chi connectivity index (χ0v) is 17.6. The molecule has 1 fully saturated rings. The molecule has 160 valence electrons. The molecule has 2 amide bonds. The number of carbonyl (C=O) groups is 2. The van der Waals surface area contributed by atoms with Crippen LogP contribution in [-0.2, 0) is 11.3 Å². The molecule has 0 aliphatic heterocycles. The summed E-state index contributed by atoms with van der Waals surface area (Å²) in [6.45, 7) is -0.109. The van der Waals surface area contributed by atoms with Crippen molar-refractivity contribution in [2.45, 2.75) is 44.3 Å². The molecular formula is C22H22FN5O2S. The summed E-state index contributed by atoms with van der Waals surface area (Å²) >= 11 is 1.04. The fraction of sp³-hybridized carbons (Fsp3) is 0.318. The molecule has 0 spiro atoms. The number of nitrogens with one attached hydrogen (secondary N) is 1. The van der Waals surface area contributed by atoms with Gasteiger partial charge in [0.25, 0.3) is 5.91 Å². The SMILES string of the molecule is O=C(NC1CCCC1)[C@@H](c1ccccn1)N(Cc1ccccc1F)C(=O)c1csnn1. The van der Waals surface area contributed by atoms with E-state index < -0.39 is 17.8 Å². The zero-order valence-electron chi connectivity index (χ0n) is 16.8. The van der Waals surface area contributed by atoms with E-state index in [0.29, 0.717) is 11.3 Å². The number of rotatable bonds is 7. The van der Waals surface area contributed by atoms with Gasteiger partial charge >= 0.3 is 0 Å². The second kappa shape index (κ2) is 9.74. The van der Waals surface area contributed by atoms with Gasteiger partial charge in [-0.2, -0.15) is 0 Å². The number of nitrogens with zero attached hydrogens (tertiary/aromatic N) is 4. The third-order valence-corrected chi connectivity index (χ3v) is 5.87. The first-order valence-corrected chi connectivity index (χ1v) is 11.0. The molecule has 1 aliphatic carbocycles. The second-order valence-electron chi connectivity index (χ2n) is 7.46. The highest BCUT2D eigenvalue weighted by Crippen LogP contribution is 2.26. The topological polar surface area (TPSA) is 88.1 Å². The van der Waals surface area contributed by atoms with Crippen molar-refractivity contribution in [1.29, 1.82) is 0 Å². The van der Waals surface area contributed by atoms with E-state index in [1.165, 1.54) is 16.3 Å². The van der Waals surface area contributed by atoms with E-state index in [0.717, 1.165) is 37.2 Å². The molecule has 9 heteroatoms. The first kappa shape index (κ1) is 21.0. The predicted octanol–water partition coefficient (Wildman–Crippen LogP) is 3.51. The van der Waals surface area contributed by atoms with Crippen molar-refractivity contribution in [3.8, 4) is 0 Å². The van der Waals surface area contributed by atoms with Crippen LogP contribution >= 0.6 is 11.5 Å². The van der Waals surface area contributed by atoms with Crippen LogP contribution in [0.4, 0.5) is 4.39 Å². The van der Waals surface area contributed by atoms with Crippen LogP contribution in [0.3, 0.4) is 0 Å². The van der Waals surface area contributed by atoms with Gasteiger partial charge in [0.15, 0.2) is 11.7 Å². The van der Waals surface area contributed by atoms with E-state index >= 15 is 0 Å². The van der Waals surface area contributed by atoms with Gasteiger partial charge in [0, 0.05) is 23.2 Å². The molecular weight excluding hydrogens is 417 g/mol. The minimum atomic E-state index is -1.03. The van der Waals surface area contributed by atoms with Gasteiger partial charge in [-0.05, 0) is 42.6 Å². The van der Waals surface area contributed by atoms with Crippen molar-refractivity contribution in [3.63, 3.8) is 0 Å². The zero-order chi connectivity index (χ0) is 21.6. The van der Waals surface area contributed by atoms with Crippen LogP contribution in [0.5, 0.6) is 0 Å². The van der Waals surface area contributed by atoms with Crippen LogP contribution in [-0.4, -0.2) is 37.3 Å². The monoisotopic (exact) mass is 439 g/mol. The first-order valence-electron chi connectivity index (χ1n) is 10.2. The van der Waals surface area contributed by atoms with Gasteiger partial charge in [-0.1, -0.05) is 41.6 Å². The Morgan fingerprint density at radius 3 is 2.61 bits per heavy atom. The van der Waals surface area contributed by atoms with Gasteiger partial charge in [-0.15, -0.1) is 5.10 Å². The lowest BCUT2D eigenvalue weighted by Gasteiger charge is -2.31. The summed E-state index contributed by atoms with van der Waals surface area (Å²) in [5, 5.41) is 8.44. The first-order chi connectivity index (χ1) is 15.1. The molecule has 1 aliphatic rings. The number of aromatic nitrogens is 3. The Bertz CT molecular complexity index is 1030. The summed E-state index contributed by atoms with van der Waals surface area (Å²) in [5.74, 6) is -1.29. The highest BCUT2D eigenvalue weighted by molar-refractivity contribution is 7.03. The molecule has 31 heavy (non-hydrogen) atoms. The van der Waals surface area contributed by atoms with Gasteiger partial charge in [0.1, 0.15) is 5.82 Å². The van der Waals surface area contributed by atoms with Crippen molar-refractivity contribution < 1.29 is 14.0 Å². The van der Waals surface area contributed by atoms with Gasteiger partial charge in [0.05, 0.1) is 12.2 Å². The Labute approximate surface area is 183 Å². The Morgan fingerprint density at radius 1 is 1.16 bits per heavy atom. The standard InChI is InChI=1S/C22H22FN5O2S/c23-17-10-4-1-7-15(17)13-28(22(30)19-14-31-27-26-19)20(18-11-5-6-12-24-18)21(29)25-16-8-2-3-9-16/h1,4-7,10-12,14,16,20H,2-3,8-9,13H2,(H,25,29)/t20-/m1/s1. The van der Waals surface area contributed by atoms with Crippen molar-refractivity contribution in [2.75, 3.05) is 0 Å². The van der Waals surface area contributed by atoms with Crippen molar-refractivity contribution in [2.24, 2.45) is 0 Å². The number of carbonyl (C=O) groups excluding carboxylic acids is 2. The molecule has 2 aromatic heterocycles. The van der Waals surface area contributed by atoms with Crippen molar-refractivity contribution >= 4 is 23.3 Å². The van der Waals surface area contributed by atoms with Crippen LogP contribution in [0.1, 0.15) is 53.5 Å². The fourth-order valence-electron chi connectivity index (χ4n) is 3.82. The van der Waals surface area contributed by atoms with E-state index in [9.17, 15) is 14.0 Å². The number of hydrogen-bond acceptors (Lipinski definition) is 6. The Balaban J connectivity index is 1.73. The maximum Gasteiger partial charge on any atom is 0.276 e. The summed E-state index contributed by atoms with van der Waals surface area (Å²) < 4.78 is 18.2. The van der Waals surface area contributed by atoms with Gasteiger partial charge in [-0.25, -0.2) is 4.39 Å². The average Bonchev–Trinajstić information content (AvgIpc) is 3.49. The van der Waals surface area contributed by atoms with Crippen molar-refractivity contribution in [1.82, 2.24) is 24.8 Å². The lowest BCUT2D eigenvalue weighted by Crippen LogP contribution is -2.46. The van der Waals surface area contributed by atoms with Crippen molar-refractivity contribution in [3.05, 3.63) is 76.8 Å². The molecule has 3 aromatic rings. The molecule has 1 N–H and O–H groups in total. The Hall–Kier alpha value is -3.20. The van der Waals surface area contributed by atoms with Gasteiger partial charge in [0.2, 0.25) is 5.91 Å². The lowest BCUT2D eigenvalue weighted by atomic mass is 10.1. The molecule has 2 heterocycles. The van der Waals surface area contributed by atoms with Crippen LogP contribution < -0.4 is 5.32 Å². The summed E-state index contributed by atoms with van der Waals surface area (Å²) in [7, 11) is 0.